The van der Waals surface area contributed by atoms with Crippen molar-refractivity contribution in [3.05, 3.63) is 29.3 Å². The number of carbonyl (C=O) groups is 1. The fraction of sp³-hybridized carbons (Fsp3) is 0.182. The van der Waals surface area contributed by atoms with E-state index >= 15 is 0 Å². The third kappa shape index (κ3) is 4.15. The summed E-state index contributed by atoms with van der Waals surface area (Å²) < 4.78 is 0. The Morgan fingerprint density at radius 3 is 2.95 bits per heavy atom. The molecule has 0 radical (unpaired) electrons. The van der Waals surface area contributed by atoms with Crippen LogP contribution in [0.4, 0.5) is 11.6 Å². The van der Waals surface area contributed by atoms with E-state index in [1.807, 2.05) is 12.1 Å². The first kappa shape index (κ1) is 13.7. The molecule has 0 saturated heterocycles. The molecule has 19 heavy (non-hydrogen) atoms. The molecule has 1 aromatic carbocycles. The number of aromatic amines is 1. The molecule has 0 aliphatic carbocycles. The van der Waals surface area contributed by atoms with E-state index in [1.54, 1.807) is 12.1 Å². The molecule has 0 saturated carbocycles. The van der Waals surface area contributed by atoms with Gasteiger partial charge in [-0.05, 0) is 12.1 Å². The van der Waals surface area contributed by atoms with Crippen LogP contribution in [0.2, 0.25) is 5.02 Å². The molecule has 0 atom stereocenters. The van der Waals surface area contributed by atoms with Crippen molar-refractivity contribution in [2.45, 2.75) is 11.6 Å². The van der Waals surface area contributed by atoms with E-state index in [0.717, 1.165) is 0 Å². The van der Waals surface area contributed by atoms with E-state index in [0.29, 0.717) is 28.0 Å². The van der Waals surface area contributed by atoms with Gasteiger partial charge < -0.3 is 11.1 Å². The number of hydrogen-bond donors (Lipinski definition) is 3. The van der Waals surface area contributed by atoms with E-state index < -0.39 is 0 Å². The lowest BCUT2D eigenvalue weighted by Crippen LogP contribution is -2.12. The number of carbonyl (C=O) groups excluding carboxylic acids is 1. The minimum atomic E-state index is -0.107. The number of nitrogens with two attached hydrogens (primary N) is 1. The smallest absolute Gasteiger partial charge is 0.225 e. The van der Waals surface area contributed by atoms with Crippen LogP contribution in [0.5, 0.6) is 0 Å². The van der Waals surface area contributed by atoms with Gasteiger partial charge in [0.15, 0.2) is 0 Å². The average Bonchev–Trinajstić information content (AvgIpc) is 2.78. The average molecular weight is 298 g/mol. The van der Waals surface area contributed by atoms with Crippen LogP contribution >= 0.6 is 23.4 Å². The fourth-order valence-corrected chi connectivity index (χ4v) is 2.26. The highest BCUT2D eigenvalue weighted by atomic mass is 35.5. The zero-order chi connectivity index (χ0) is 13.7. The van der Waals surface area contributed by atoms with Gasteiger partial charge in [-0.15, -0.1) is 5.10 Å². The second-order valence-corrected chi connectivity index (χ2v) is 5.10. The van der Waals surface area contributed by atoms with Gasteiger partial charge in [0, 0.05) is 12.2 Å². The first-order valence-corrected chi connectivity index (χ1v) is 6.86. The van der Waals surface area contributed by atoms with Crippen LogP contribution in [0, 0.1) is 0 Å². The number of para-hydroxylation sites is 1. The topological polar surface area (TPSA) is 96.7 Å². The summed E-state index contributed by atoms with van der Waals surface area (Å²) in [6, 6.07) is 7.10. The number of hydrogen-bond acceptors (Lipinski definition) is 5. The number of aromatic nitrogens is 3. The van der Waals surface area contributed by atoms with Crippen molar-refractivity contribution in [2.75, 3.05) is 16.8 Å². The maximum absolute atomic E-state index is 11.7. The van der Waals surface area contributed by atoms with Crippen molar-refractivity contribution in [1.29, 1.82) is 0 Å². The molecule has 1 aromatic heterocycles. The first-order valence-electron chi connectivity index (χ1n) is 5.50. The molecule has 6 nitrogen and oxygen atoms in total. The molecule has 1 amide bonds. The summed E-state index contributed by atoms with van der Waals surface area (Å²) >= 11 is 7.30. The molecule has 4 N–H and O–H groups in total. The predicted molar refractivity (Wildman–Crippen MR) is 76.2 cm³/mol. The van der Waals surface area contributed by atoms with E-state index in [9.17, 15) is 4.79 Å². The zero-order valence-electron chi connectivity index (χ0n) is 9.89. The van der Waals surface area contributed by atoms with Crippen molar-refractivity contribution < 1.29 is 4.79 Å². The number of H-pyrrole nitrogens is 1. The maximum atomic E-state index is 11.7. The molecule has 0 aliphatic rings. The molecule has 0 bridgehead atoms. The summed E-state index contributed by atoms with van der Waals surface area (Å²) in [6.45, 7) is 0. The fourth-order valence-electron chi connectivity index (χ4n) is 1.33. The highest BCUT2D eigenvalue weighted by Crippen LogP contribution is 2.21. The van der Waals surface area contributed by atoms with Crippen molar-refractivity contribution in [2.24, 2.45) is 0 Å². The van der Waals surface area contributed by atoms with E-state index in [2.05, 4.69) is 20.5 Å². The largest absolute Gasteiger partial charge is 0.368 e. The van der Waals surface area contributed by atoms with Gasteiger partial charge in [-0.2, -0.15) is 4.98 Å². The number of halogens is 1. The predicted octanol–water partition coefficient (Wildman–Crippen LogP) is 2.16. The molecule has 0 unspecified atom stereocenters. The van der Waals surface area contributed by atoms with Crippen LogP contribution in [0.3, 0.4) is 0 Å². The Morgan fingerprint density at radius 1 is 1.47 bits per heavy atom. The summed E-state index contributed by atoms with van der Waals surface area (Å²) in [4.78, 5) is 15.6. The highest BCUT2D eigenvalue weighted by Gasteiger charge is 2.07. The van der Waals surface area contributed by atoms with Gasteiger partial charge in [-0.3, -0.25) is 4.79 Å². The van der Waals surface area contributed by atoms with Gasteiger partial charge in [-0.1, -0.05) is 35.5 Å². The number of benzene rings is 1. The maximum Gasteiger partial charge on any atom is 0.225 e. The summed E-state index contributed by atoms with van der Waals surface area (Å²) in [7, 11) is 0. The van der Waals surface area contributed by atoms with Gasteiger partial charge in [0.2, 0.25) is 17.0 Å². The lowest BCUT2D eigenvalue weighted by atomic mass is 10.3. The zero-order valence-corrected chi connectivity index (χ0v) is 11.5. The molecule has 1 heterocycles. The van der Waals surface area contributed by atoms with Gasteiger partial charge in [0.1, 0.15) is 0 Å². The molecule has 8 heteroatoms. The van der Waals surface area contributed by atoms with Crippen LogP contribution in [0.15, 0.2) is 29.4 Å². The number of nitrogens with one attached hydrogen (secondary N) is 2. The minimum Gasteiger partial charge on any atom is -0.368 e. The quantitative estimate of drug-likeness (QED) is 0.735. The van der Waals surface area contributed by atoms with Gasteiger partial charge in [0.05, 0.1) is 10.7 Å². The summed E-state index contributed by atoms with van der Waals surface area (Å²) in [5.41, 5.74) is 6.00. The van der Waals surface area contributed by atoms with Gasteiger partial charge in [-0.25, -0.2) is 5.10 Å². The standard InChI is InChI=1S/C11H12ClN5OS/c12-7-3-1-2-4-8(7)14-9(18)5-6-19-11-15-10(13)16-17-11/h1-4H,5-6H2,(H,14,18)(H3,13,15,16,17). The molecule has 2 rings (SSSR count). The molecular weight excluding hydrogens is 286 g/mol. The minimum absolute atomic E-state index is 0.107. The number of amides is 1. The molecule has 2 aromatic rings. The van der Waals surface area contributed by atoms with Crippen LogP contribution in [-0.2, 0) is 4.79 Å². The summed E-state index contributed by atoms with van der Waals surface area (Å²) in [5.74, 6) is 0.722. The number of rotatable bonds is 5. The van der Waals surface area contributed by atoms with Crippen LogP contribution < -0.4 is 11.1 Å². The van der Waals surface area contributed by atoms with Crippen molar-refractivity contribution >= 4 is 40.9 Å². The number of anilines is 2. The molecule has 0 fully saturated rings. The van der Waals surface area contributed by atoms with E-state index in [1.165, 1.54) is 11.8 Å². The SMILES string of the molecule is Nc1nc(SCCC(=O)Nc2ccccc2Cl)n[nH]1. The molecule has 100 valence electrons. The molecular formula is C11H12ClN5OS. The lowest BCUT2D eigenvalue weighted by molar-refractivity contribution is -0.115. The third-order valence-electron chi connectivity index (χ3n) is 2.19. The number of nitrogens with zero attached hydrogens (tertiary/aromatic N) is 2. The summed E-state index contributed by atoms with van der Waals surface area (Å²) in [5, 5.41) is 10.2. The second kappa shape index (κ2) is 6.44. The van der Waals surface area contributed by atoms with Crippen LogP contribution in [0.1, 0.15) is 6.42 Å². The second-order valence-electron chi connectivity index (χ2n) is 3.63. The number of thioether (sulfide) groups is 1. The van der Waals surface area contributed by atoms with Crippen LogP contribution in [0.25, 0.3) is 0 Å². The Morgan fingerprint density at radius 2 is 2.26 bits per heavy atom. The Hall–Kier alpha value is -1.73. The Labute approximate surface area is 119 Å². The van der Waals surface area contributed by atoms with Crippen molar-refractivity contribution in [3.63, 3.8) is 0 Å². The monoisotopic (exact) mass is 297 g/mol. The van der Waals surface area contributed by atoms with Gasteiger partial charge >= 0.3 is 0 Å². The number of nitrogen functional groups attached to an aromatic ring is 1. The highest BCUT2D eigenvalue weighted by molar-refractivity contribution is 7.99. The summed E-state index contributed by atoms with van der Waals surface area (Å²) in [6.07, 6.45) is 0.338. The van der Waals surface area contributed by atoms with E-state index in [4.69, 9.17) is 17.3 Å². The van der Waals surface area contributed by atoms with Crippen molar-refractivity contribution in [3.8, 4) is 0 Å². The van der Waals surface area contributed by atoms with Crippen LogP contribution in [-0.4, -0.2) is 26.8 Å². The normalized spacial score (nSPS) is 10.4. The van der Waals surface area contributed by atoms with Gasteiger partial charge in [0.25, 0.3) is 0 Å². The third-order valence-corrected chi connectivity index (χ3v) is 3.37. The van der Waals surface area contributed by atoms with Crippen molar-refractivity contribution in [1.82, 2.24) is 15.2 Å². The Balaban J connectivity index is 1.77. The first-order chi connectivity index (χ1) is 9.15. The lowest BCUT2D eigenvalue weighted by Gasteiger charge is -2.05. The molecule has 0 aliphatic heterocycles. The Kier molecular flexibility index (Phi) is 4.64. The molecule has 0 spiro atoms. The van der Waals surface area contributed by atoms with E-state index in [-0.39, 0.29) is 11.9 Å². The Bertz CT molecular complexity index is 574.